The number of carbonyl (C=O) groups excluding carboxylic acids is 1. The topological polar surface area (TPSA) is 82.5 Å². The summed E-state index contributed by atoms with van der Waals surface area (Å²) in [7, 11) is 0. The molecule has 2 atom stereocenters. The fourth-order valence-corrected chi connectivity index (χ4v) is 3.41. The van der Waals surface area contributed by atoms with E-state index in [-0.39, 0.29) is 23.2 Å². The lowest BCUT2D eigenvalue weighted by Gasteiger charge is -2.32. The van der Waals surface area contributed by atoms with Gasteiger partial charge in [-0.05, 0) is 37.9 Å². The average molecular weight is 289 g/mol. The summed E-state index contributed by atoms with van der Waals surface area (Å²) in [6, 6.07) is 3.42. The van der Waals surface area contributed by atoms with Gasteiger partial charge >= 0.3 is 5.97 Å². The third kappa shape index (κ3) is 2.76. The Labute approximate surface area is 123 Å². The van der Waals surface area contributed by atoms with E-state index in [9.17, 15) is 9.59 Å². The van der Waals surface area contributed by atoms with E-state index in [0.29, 0.717) is 6.04 Å². The van der Waals surface area contributed by atoms with E-state index in [2.05, 4.69) is 15.2 Å². The minimum Gasteiger partial charge on any atom is -0.478 e. The minimum atomic E-state index is -1.13. The lowest BCUT2D eigenvalue weighted by atomic mass is 9.99. The first-order chi connectivity index (χ1) is 10.2. The van der Waals surface area contributed by atoms with Crippen molar-refractivity contribution in [2.75, 3.05) is 13.1 Å². The molecular formula is C15H19N3O3. The molecule has 3 rings (SSSR count). The molecule has 0 saturated carbocycles. The van der Waals surface area contributed by atoms with Crippen LogP contribution in [0.15, 0.2) is 18.3 Å². The number of hydrogen-bond donors (Lipinski definition) is 2. The van der Waals surface area contributed by atoms with Crippen LogP contribution in [0.3, 0.4) is 0 Å². The maximum absolute atomic E-state index is 12.3. The van der Waals surface area contributed by atoms with E-state index in [0.717, 1.165) is 25.9 Å². The quantitative estimate of drug-likeness (QED) is 0.872. The summed E-state index contributed by atoms with van der Waals surface area (Å²) in [5.41, 5.74) is -0.0484. The van der Waals surface area contributed by atoms with Crippen LogP contribution in [-0.2, 0) is 0 Å². The smallest absolute Gasteiger partial charge is 0.338 e. The Hall–Kier alpha value is -1.95. The molecule has 112 valence electrons. The van der Waals surface area contributed by atoms with E-state index >= 15 is 0 Å². The summed E-state index contributed by atoms with van der Waals surface area (Å²) in [5, 5.41) is 12.1. The molecule has 2 aliphatic rings. The van der Waals surface area contributed by atoms with Gasteiger partial charge in [-0.3, -0.25) is 14.7 Å². The van der Waals surface area contributed by atoms with Crippen molar-refractivity contribution in [3.63, 3.8) is 0 Å². The van der Waals surface area contributed by atoms with Gasteiger partial charge in [0.2, 0.25) is 0 Å². The first-order valence-corrected chi connectivity index (χ1v) is 7.40. The number of aromatic nitrogens is 1. The van der Waals surface area contributed by atoms with Crippen molar-refractivity contribution in [3.8, 4) is 0 Å². The van der Waals surface area contributed by atoms with Gasteiger partial charge < -0.3 is 10.4 Å². The monoisotopic (exact) mass is 289 g/mol. The molecule has 2 fully saturated rings. The lowest BCUT2D eigenvalue weighted by Crippen LogP contribution is -2.47. The molecule has 2 saturated heterocycles. The predicted molar refractivity (Wildman–Crippen MR) is 76.3 cm³/mol. The van der Waals surface area contributed by atoms with E-state index in [4.69, 9.17) is 5.11 Å². The van der Waals surface area contributed by atoms with E-state index < -0.39 is 5.97 Å². The van der Waals surface area contributed by atoms with Crippen LogP contribution in [0, 0.1) is 0 Å². The largest absolute Gasteiger partial charge is 0.478 e. The first-order valence-electron chi connectivity index (χ1n) is 7.40. The van der Waals surface area contributed by atoms with Crippen LogP contribution >= 0.6 is 0 Å². The Balaban J connectivity index is 1.73. The third-order valence-electron chi connectivity index (χ3n) is 4.43. The number of piperidine rings is 1. The maximum Gasteiger partial charge on any atom is 0.338 e. The molecule has 3 heterocycles. The average Bonchev–Trinajstić information content (AvgIpc) is 2.90. The number of amides is 1. The van der Waals surface area contributed by atoms with Crippen LogP contribution < -0.4 is 5.32 Å². The number of nitrogens with zero attached hydrogens (tertiary/aromatic N) is 2. The summed E-state index contributed by atoms with van der Waals surface area (Å²) in [6.07, 6.45) is 5.88. The molecule has 0 aliphatic carbocycles. The highest BCUT2D eigenvalue weighted by Crippen LogP contribution is 2.27. The van der Waals surface area contributed by atoms with Crippen molar-refractivity contribution < 1.29 is 14.7 Å². The van der Waals surface area contributed by atoms with Gasteiger partial charge in [0.25, 0.3) is 5.91 Å². The second-order valence-electron chi connectivity index (χ2n) is 5.67. The molecule has 21 heavy (non-hydrogen) atoms. The molecule has 6 heteroatoms. The summed E-state index contributed by atoms with van der Waals surface area (Å²) >= 11 is 0. The summed E-state index contributed by atoms with van der Waals surface area (Å²) < 4.78 is 0. The van der Waals surface area contributed by atoms with Crippen LogP contribution in [0.2, 0.25) is 0 Å². The Morgan fingerprint density at radius 1 is 1.29 bits per heavy atom. The number of aromatic carboxylic acids is 1. The highest BCUT2D eigenvalue weighted by atomic mass is 16.4. The van der Waals surface area contributed by atoms with Gasteiger partial charge in [0.15, 0.2) is 0 Å². The first kappa shape index (κ1) is 14.0. The zero-order chi connectivity index (χ0) is 14.8. The van der Waals surface area contributed by atoms with E-state index in [1.165, 1.54) is 31.2 Å². The number of carboxylic acids is 1. The molecule has 0 bridgehead atoms. The molecule has 1 aromatic rings. The van der Waals surface area contributed by atoms with Gasteiger partial charge in [-0.1, -0.05) is 6.42 Å². The number of fused-ring (bicyclic) bond motifs is 1. The van der Waals surface area contributed by atoms with E-state index in [1.807, 2.05) is 0 Å². The van der Waals surface area contributed by atoms with Crippen molar-refractivity contribution in [2.45, 2.75) is 37.8 Å². The number of nitrogens with one attached hydrogen (secondary N) is 1. The van der Waals surface area contributed by atoms with Gasteiger partial charge in [-0.25, -0.2) is 4.79 Å². The van der Waals surface area contributed by atoms with Crippen molar-refractivity contribution in [3.05, 3.63) is 29.6 Å². The number of carboxylic acid groups (broad SMARTS) is 1. The van der Waals surface area contributed by atoms with Crippen LogP contribution in [0.5, 0.6) is 0 Å². The summed E-state index contributed by atoms with van der Waals surface area (Å²) in [4.78, 5) is 29.9. The lowest BCUT2D eigenvalue weighted by molar-refractivity contribution is 0.0689. The van der Waals surface area contributed by atoms with Crippen LogP contribution in [0.4, 0.5) is 0 Å². The van der Waals surface area contributed by atoms with Crippen LogP contribution in [0.25, 0.3) is 0 Å². The highest BCUT2D eigenvalue weighted by molar-refractivity contribution is 6.03. The molecule has 0 aromatic carbocycles. The Morgan fingerprint density at radius 3 is 2.95 bits per heavy atom. The van der Waals surface area contributed by atoms with Gasteiger partial charge in [0.05, 0.1) is 5.56 Å². The van der Waals surface area contributed by atoms with Gasteiger partial charge in [0.1, 0.15) is 5.69 Å². The van der Waals surface area contributed by atoms with Gasteiger partial charge in [-0.2, -0.15) is 0 Å². The summed E-state index contributed by atoms with van der Waals surface area (Å²) in [5.74, 6) is -1.51. The molecule has 0 radical (unpaired) electrons. The Kier molecular flexibility index (Phi) is 3.88. The van der Waals surface area contributed by atoms with Crippen molar-refractivity contribution in [2.24, 2.45) is 0 Å². The fourth-order valence-electron chi connectivity index (χ4n) is 3.41. The van der Waals surface area contributed by atoms with Gasteiger partial charge in [-0.15, -0.1) is 0 Å². The third-order valence-corrected chi connectivity index (χ3v) is 4.43. The molecule has 1 amide bonds. The number of carbonyl (C=O) groups is 2. The maximum atomic E-state index is 12.3. The Bertz CT molecular complexity index is 561. The molecule has 2 aliphatic heterocycles. The SMILES string of the molecule is O=C(O)c1cccnc1C(=O)NC1CCN2CCCCC12. The second kappa shape index (κ2) is 5.81. The fraction of sp³-hybridized carbons (Fsp3) is 0.533. The number of rotatable bonds is 3. The van der Waals surface area contributed by atoms with Crippen LogP contribution in [-0.4, -0.2) is 52.0 Å². The zero-order valence-corrected chi connectivity index (χ0v) is 11.8. The van der Waals surface area contributed by atoms with Crippen molar-refractivity contribution >= 4 is 11.9 Å². The zero-order valence-electron chi connectivity index (χ0n) is 11.8. The van der Waals surface area contributed by atoms with E-state index in [1.54, 1.807) is 0 Å². The summed E-state index contributed by atoms with van der Waals surface area (Å²) in [6.45, 7) is 2.10. The van der Waals surface area contributed by atoms with Crippen LogP contribution in [0.1, 0.15) is 46.5 Å². The molecule has 2 unspecified atom stereocenters. The second-order valence-corrected chi connectivity index (χ2v) is 5.67. The molecule has 2 N–H and O–H groups in total. The number of pyridine rings is 1. The molecule has 6 nitrogen and oxygen atoms in total. The van der Waals surface area contributed by atoms with Crippen molar-refractivity contribution in [1.82, 2.24) is 15.2 Å². The molecular weight excluding hydrogens is 270 g/mol. The number of hydrogen-bond acceptors (Lipinski definition) is 4. The molecule has 0 spiro atoms. The standard InChI is InChI=1S/C15H19N3O3/c19-14(13-10(15(20)21)4-3-7-16-13)17-11-6-9-18-8-2-1-5-12(11)18/h3-4,7,11-12H,1-2,5-6,8-9H2,(H,17,19)(H,20,21). The van der Waals surface area contributed by atoms with Gasteiger partial charge in [0, 0.05) is 24.8 Å². The molecule has 1 aromatic heterocycles. The minimum absolute atomic E-state index is 0.000686. The normalized spacial score (nSPS) is 25.3. The Morgan fingerprint density at radius 2 is 2.14 bits per heavy atom. The highest BCUT2D eigenvalue weighted by Gasteiger charge is 2.36. The predicted octanol–water partition coefficient (Wildman–Crippen LogP) is 1.14. The van der Waals surface area contributed by atoms with Crippen molar-refractivity contribution in [1.29, 1.82) is 0 Å².